The minimum atomic E-state index is -1.90. The maximum absolute atomic E-state index is 9.93. The topological polar surface area (TPSA) is 40.1 Å². The molecule has 0 heterocycles. The minimum Gasteiger partial charge on any atom is -0.772 e. The zero-order chi connectivity index (χ0) is 7.28. The summed E-state index contributed by atoms with van der Waals surface area (Å²) in [5.74, 6) is 0.217. The Labute approximate surface area is 58.3 Å². The van der Waals surface area contributed by atoms with Crippen LogP contribution in [-0.2, 0) is 11.1 Å². The zero-order valence-electron chi connectivity index (χ0n) is 5.26. The Morgan fingerprint density at radius 1 is 1.78 bits per heavy atom. The molecule has 2 nitrogen and oxygen atoms in total. The maximum Gasteiger partial charge on any atom is 0.0964 e. The standard InChI is InChI=1S/C6H10O2S/c1-6(2)4-3-5-9(7)8/h1-5H2. The van der Waals surface area contributed by atoms with E-state index in [0.717, 1.165) is 5.57 Å². The first-order valence-corrected chi connectivity index (χ1v) is 3.93. The first-order chi connectivity index (χ1) is 4.13. The lowest BCUT2D eigenvalue weighted by Crippen LogP contribution is -1.94. The van der Waals surface area contributed by atoms with E-state index in [1.165, 1.54) is 0 Å². The molecule has 9 heavy (non-hydrogen) atoms. The average Bonchev–Trinajstić information content (AvgIpc) is 1.63. The molecule has 0 aliphatic carbocycles. The van der Waals surface area contributed by atoms with Crippen molar-refractivity contribution < 1.29 is 8.76 Å². The first-order valence-electron chi connectivity index (χ1n) is 2.68. The number of hydrogen-bond acceptors (Lipinski definition) is 2. The van der Waals surface area contributed by atoms with Gasteiger partial charge in [-0.1, -0.05) is 11.1 Å². The number of allylic oxidation sites excluding steroid dienone is 1. The van der Waals surface area contributed by atoms with Gasteiger partial charge in [-0.25, -0.2) is 0 Å². The zero-order valence-corrected chi connectivity index (χ0v) is 6.08. The van der Waals surface area contributed by atoms with E-state index in [-0.39, 0.29) is 5.75 Å². The fourth-order valence-electron chi connectivity index (χ4n) is 0.440. The van der Waals surface area contributed by atoms with Gasteiger partial charge in [0.25, 0.3) is 0 Å². The molecule has 1 unspecified atom stereocenters. The Morgan fingerprint density at radius 2 is 2.33 bits per heavy atom. The predicted octanol–water partition coefficient (Wildman–Crippen LogP) is 1.04. The summed E-state index contributed by atoms with van der Waals surface area (Å²) in [4.78, 5) is 0. The third-order valence-corrected chi connectivity index (χ3v) is 1.46. The first kappa shape index (κ1) is 8.72. The van der Waals surface area contributed by atoms with Crippen molar-refractivity contribution in [3.63, 3.8) is 0 Å². The Kier molecular flexibility index (Phi) is 4.44. The van der Waals surface area contributed by atoms with Gasteiger partial charge in [0, 0.05) is 25.7 Å². The lowest BCUT2D eigenvalue weighted by Gasteiger charge is -2.00. The number of rotatable bonds is 4. The molecule has 0 rings (SSSR count). The fourth-order valence-corrected chi connectivity index (χ4v) is 0.820. The summed E-state index contributed by atoms with van der Waals surface area (Å²) >= 11 is -1.90. The summed E-state index contributed by atoms with van der Waals surface area (Å²) in [6.07, 6.45) is 1.34. The van der Waals surface area contributed by atoms with Crippen LogP contribution in [0.25, 0.3) is 0 Å². The molecular weight excluding hydrogens is 136 g/mol. The van der Waals surface area contributed by atoms with E-state index < -0.39 is 11.1 Å². The maximum atomic E-state index is 9.93. The SMILES string of the molecule is C=C([CH2+])CCCS(=O)[O-]. The molecule has 0 aromatic heterocycles. The molecule has 0 aromatic carbocycles. The van der Waals surface area contributed by atoms with E-state index >= 15 is 0 Å². The normalized spacial score (nSPS) is 13.0. The highest BCUT2D eigenvalue weighted by molar-refractivity contribution is 7.79. The largest absolute Gasteiger partial charge is 0.772 e. The second-order valence-electron chi connectivity index (χ2n) is 1.86. The summed E-state index contributed by atoms with van der Waals surface area (Å²) in [6, 6.07) is 0. The van der Waals surface area contributed by atoms with E-state index in [4.69, 9.17) is 0 Å². The summed E-state index contributed by atoms with van der Waals surface area (Å²) in [5.41, 5.74) is 0.792. The van der Waals surface area contributed by atoms with Crippen molar-refractivity contribution in [3.05, 3.63) is 19.1 Å². The lowest BCUT2D eigenvalue weighted by atomic mass is 10.2. The van der Waals surface area contributed by atoms with Gasteiger partial charge in [-0.15, -0.1) is 0 Å². The molecule has 0 spiro atoms. The molecule has 0 saturated carbocycles. The van der Waals surface area contributed by atoms with Crippen LogP contribution in [0.4, 0.5) is 0 Å². The highest BCUT2D eigenvalue weighted by Gasteiger charge is 1.92. The number of hydrogen-bond donors (Lipinski definition) is 0. The molecule has 0 amide bonds. The Bertz CT molecular complexity index is 106. The average molecular weight is 146 g/mol. The molecule has 0 aliphatic heterocycles. The summed E-state index contributed by atoms with van der Waals surface area (Å²) in [6.45, 7) is 7.08. The van der Waals surface area contributed by atoms with Crippen LogP contribution in [0.2, 0.25) is 0 Å². The van der Waals surface area contributed by atoms with Gasteiger partial charge in [-0.2, -0.15) is 0 Å². The van der Waals surface area contributed by atoms with E-state index in [2.05, 4.69) is 13.5 Å². The van der Waals surface area contributed by atoms with Gasteiger partial charge in [0.2, 0.25) is 0 Å². The minimum absolute atomic E-state index is 0.217. The van der Waals surface area contributed by atoms with E-state index in [9.17, 15) is 8.76 Å². The Hall–Kier alpha value is -0.280. The van der Waals surface area contributed by atoms with Crippen LogP contribution in [0.1, 0.15) is 12.8 Å². The van der Waals surface area contributed by atoms with Gasteiger partial charge in [0.1, 0.15) is 0 Å². The van der Waals surface area contributed by atoms with Crippen molar-refractivity contribution in [1.82, 2.24) is 0 Å². The molecule has 0 saturated heterocycles. The van der Waals surface area contributed by atoms with Gasteiger partial charge < -0.3 is 4.55 Å². The summed E-state index contributed by atoms with van der Waals surface area (Å²) < 4.78 is 19.9. The quantitative estimate of drug-likeness (QED) is 0.439. The van der Waals surface area contributed by atoms with Crippen molar-refractivity contribution in [3.8, 4) is 0 Å². The third-order valence-electron chi connectivity index (χ3n) is 0.841. The van der Waals surface area contributed by atoms with Crippen LogP contribution >= 0.6 is 0 Å². The Balaban J connectivity index is 3.10. The molecule has 3 heteroatoms. The molecule has 0 fully saturated rings. The fraction of sp³-hybridized carbons (Fsp3) is 0.500. The second kappa shape index (κ2) is 4.58. The second-order valence-corrected chi connectivity index (χ2v) is 2.88. The van der Waals surface area contributed by atoms with Crippen LogP contribution in [-0.4, -0.2) is 14.5 Å². The van der Waals surface area contributed by atoms with Gasteiger partial charge in [0.05, 0.1) is 5.57 Å². The summed E-state index contributed by atoms with van der Waals surface area (Å²) in [7, 11) is 0. The lowest BCUT2D eigenvalue weighted by molar-refractivity contribution is 0.535. The molecule has 0 aliphatic rings. The monoisotopic (exact) mass is 146 g/mol. The van der Waals surface area contributed by atoms with Crippen molar-refractivity contribution in [1.29, 1.82) is 0 Å². The van der Waals surface area contributed by atoms with E-state index in [1.807, 2.05) is 0 Å². The van der Waals surface area contributed by atoms with Crippen molar-refractivity contribution in [2.24, 2.45) is 0 Å². The molecule has 1 atom stereocenters. The van der Waals surface area contributed by atoms with Crippen molar-refractivity contribution in [2.45, 2.75) is 12.8 Å². The van der Waals surface area contributed by atoms with Gasteiger partial charge in [-0.3, -0.25) is 4.21 Å². The molecule has 0 N–H and O–H groups in total. The third kappa shape index (κ3) is 7.72. The highest BCUT2D eigenvalue weighted by Crippen LogP contribution is 1.99. The molecular formula is C6H10O2S. The summed E-state index contributed by atoms with van der Waals surface area (Å²) in [5, 5.41) is 0. The molecule has 0 bridgehead atoms. The van der Waals surface area contributed by atoms with Crippen LogP contribution < -0.4 is 0 Å². The van der Waals surface area contributed by atoms with Gasteiger partial charge >= 0.3 is 0 Å². The van der Waals surface area contributed by atoms with Crippen LogP contribution in [0, 0.1) is 6.92 Å². The van der Waals surface area contributed by atoms with Crippen molar-refractivity contribution >= 4 is 11.1 Å². The molecule has 52 valence electrons. The van der Waals surface area contributed by atoms with Crippen LogP contribution in [0.5, 0.6) is 0 Å². The smallest absolute Gasteiger partial charge is 0.0964 e. The molecule has 0 aromatic rings. The van der Waals surface area contributed by atoms with Gasteiger partial charge in [-0.05, 0) is 6.42 Å². The van der Waals surface area contributed by atoms with Crippen LogP contribution in [0.15, 0.2) is 12.2 Å². The highest BCUT2D eigenvalue weighted by atomic mass is 32.2. The Morgan fingerprint density at radius 3 is 2.67 bits per heavy atom. The van der Waals surface area contributed by atoms with Crippen LogP contribution in [0.3, 0.4) is 0 Å². The van der Waals surface area contributed by atoms with Crippen molar-refractivity contribution in [2.75, 3.05) is 5.75 Å². The van der Waals surface area contributed by atoms with E-state index in [1.54, 1.807) is 0 Å². The predicted molar refractivity (Wildman–Crippen MR) is 37.5 cm³/mol. The van der Waals surface area contributed by atoms with E-state index in [0.29, 0.717) is 12.8 Å². The molecule has 0 radical (unpaired) electrons. The van der Waals surface area contributed by atoms with Gasteiger partial charge in [0.15, 0.2) is 0 Å².